The normalized spacial score (nSPS) is 33.9. The molecule has 2 saturated carbocycles. The Hall–Kier alpha value is -0.500. The first kappa shape index (κ1) is 8.78. The fraction of sp³-hybridized carbons (Fsp3) is 0.500. The lowest BCUT2D eigenvalue weighted by molar-refractivity contribution is 0.654. The van der Waals surface area contributed by atoms with Crippen molar-refractivity contribution in [2.24, 2.45) is 11.8 Å². The van der Waals surface area contributed by atoms with E-state index in [2.05, 4.69) is 45.5 Å². The van der Waals surface area contributed by atoms with Crippen LogP contribution >= 0.6 is 15.9 Å². The zero-order chi connectivity index (χ0) is 9.54. The topological polar surface area (TPSA) is 12.0 Å². The molecule has 1 nitrogen and oxygen atoms in total. The highest BCUT2D eigenvalue weighted by molar-refractivity contribution is 9.10. The Balaban J connectivity index is 1.69. The molecule has 0 amide bonds. The monoisotopic (exact) mass is 251 g/mol. The SMILES string of the molecule is Brc1ccc(NC2CCC3CC32)cc1. The van der Waals surface area contributed by atoms with E-state index in [0.717, 1.165) is 22.4 Å². The van der Waals surface area contributed by atoms with Crippen LogP contribution in [0, 0.1) is 11.8 Å². The van der Waals surface area contributed by atoms with Crippen LogP contribution in [-0.4, -0.2) is 6.04 Å². The molecule has 0 radical (unpaired) electrons. The maximum atomic E-state index is 3.64. The molecule has 0 bridgehead atoms. The third-order valence-electron chi connectivity index (χ3n) is 3.54. The molecule has 2 heteroatoms. The van der Waals surface area contributed by atoms with Gasteiger partial charge in [0.05, 0.1) is 0 Å². The first-order chi connectivity index (χ1) is 6.83. The average molecular weight is 252 g/mol. The lowest BCUT2D eigenvalue weighted by Gasteiger charge is -2.15. The first-order valence-corrected chi connectivity index (χ1v) is 6.14. The van der Waals surface area contributed by atoms with Gasteiger partial charge in [-0.15, -0.1) is 0 Å². The predicted molar refractivity (Wildman–Crippen MR) is 62.4 cm³/mol. The molecule has 74 valence electrons. The largest absolute Gasteiger partial charge is 0.382 e. The van der Waals surface area contributed by atoms with Crippen LogP contribution in [0.3, 0.4) is 0 Å². The van der Waals surface area contributed by atoms with Gasteiger partial charge < -0.3 is 5.32 Å². The van der Waals surface area contributed by atoms with Crippen molar-refractivity contribution in [3.05, 3.63) is 28.7 Å². The standard InChI is InChI=1S/C12H14BrN/c13-9-2-4-10(5-3-9)14-12-6-1-8-7-11(8)12/h2-5,8,11-12,14H,1,6-7H2. The minimum atomic E-state index is 0.751. The quantitative estimate of drug-likeness (QED) is 0.846. The number of halogens is 1. The molecule has 0 spiro atoms. The lowest BCUT2D eigenvalue weighted by atomic mass is 10.1. The highest BCUT2D eigenvalue weighted by Gasteiger charge is 2.47. The Morgan fingerprint density at radius 2 is 1.93 bits per heavy atom. The van der Waals surface area contributed by atoms with Gasteiger partial charge in [-0.05, 0) is 55.4 Å². The summed E-state index contributed by atoms with van der Waals surface area (Å²) in [4.78, 5) is 0. The van der Waals surface area contributed by atoms with Gasteiger partial charge in [-0.3, -0.25) is 0 Å². The number of anilines is 1. The maximum absolute atomic E-state index is 3.64. The summed E-state index contributed by atoms with van der Waals surface area (Å²) >= 11 is 3.45. The number of benzene rings is 1. The summed E-state index contributed by atoms with van der Waals surface area (Å²) in [5, 5.41) is 3.64. The second-order valence-electron chi connectivity index (χ2n) is 4.49. The number of rotatable bonds is 2. The summed E-state index contributed by atoms with van der Waals surface area (Å²) in [6.07, 6.45) is 4.28. The molecule has 14 heavy (non-hydrogen) atoms. The number of fused-ring (bicyclic) bond motifs is 1. The highest BCUT2D eigenvalue weighted by Crippen LogP contribution is 2.52. The Labute approximate surface area is 93.0 Å². The van der Waals surface area contributed by atoms with Gasteiger partial charge in [0.2, 0.25) is 0 Å². The van der Waals surface area contributed by atoms with Crippen LogP contribution in [0.4, 0.5) is 5.69 Å². The first-order valence-electron chi connectivity index (χ1n) is 5.35. The van der Waals surface area contributed by atoms with E-state index in [9.17, 15) is 0 Å². The van der Waals surface area contributed by atoms with Crippen molar-refractivity contribution in [2.75, 3.05) is 5.32 Å². The predicted octanol–water partition coefficient (Wildman–Crippen LogP) is 3.66. The second kappa shape index (κ2) is 3.27. The minimum absolute atomic E-state index is 0.751. The van der Waals surface area contributed by atoms with Crippen LogP contribution in [-0.2, 0) is 0 Å². The Morgan fingerprint density at radius 3 is 2.50 bits per heavy atom. The summed E-state index contributed by atoms with van der Waals surface area (Å²) in [6, 6.07) is 9.25. The van der Waals surface area contributed by atoms with Crippen molar-refractivity contribution < 1.29 is 0 Å². The third kappa shape index (κ3) is 1.56. The van der Waals surface area contributed by atoms with E-state index in [1.54, 1.807) is 0 Å². The minimum Gasteiger partial charge on any atom is -0.382 e. The Kier molecular flexibility index (Phi) is 2.05. The summed E-state index contributed by atoms with van der Waals surface area (Å²) < 4.78 is 1.15. The lowest BCUT2D eigenvalue weighted by Crippen LogP contribution is -2.18. The van der Waals surface area contributed by atoms with Crippen molar-refractivity contribution in [3.63, 3.8) is 0 Å². The molecule has 3 unspecified atom stereocenters. The van der Waals surface area contributed by atoms with Gasteiger partial charge in [-0.2, -0.15) is 0 Å². The van der Waals surface area contributed by atoms with E-state index in [0.29, 0.717) is 0 Å². The summed E-state index contributed by atoms with van der Waals surface area (Å²) in [5.74, 6) is 2.04. The van der Waals surface area contributed by atoms with Gasteiger partial charge >= 0.3 is 0 Å². The van der Waals surface area contributed by atoms with E-state index in [1.165, 1.54) is 24.9 Å². The number of hydrogen-bond donors (Lipinski definition) is 1. The molecule has 0 heterocycles. The molecular weight excluding hydrogens is 238 g/mol. The molecule has 0 aromatic heterocycles. The molecule has 3 atom stereocenters. The van der Waals surface area contributed by atoms with E-state index in [4.69, 9.17) is 0 Å². The van der Waals surface area contributed by atoms with Crippen LogP contribution in [0.15, 0.2) is 28.7 Å². The van der Waals surface area contributed by atoms with Gasteiger partial charge in [0, 0.05) is 16.2 Å². The van der Waals surface area contributed by atoms with E-state index >= 15 is 0 Å². The molecule has 1 aromatic carbocycles. The number of nitrogens with one attached hydrogen (secondary N) is 1. The van der Waals surface area contributed by atoms with E-state index < -0.39 is 0 Å². The molecule has 2 fully saturated rings. The molecule has 2 aliphatic carbocycles. The second-order valence-corrected chi connectivity index (χ2v) is 5.41. The molecule has 2 aliphatic rings. The Bertz CT molecular complexity index is 333. The van der Waals surface area contributed by atoms with Crippen molar-refractivity contribution in [3.8, 4) is 0 Å². The molecule has 1 N–H and O–H groups in total. The summed E-state index contributed by atoms with van der Waals surface area (Å²) in [7, 11) is 0. The van der Waals surface area contributed by atoms with E-state index in [1.807, 2.05) is 0 Å². The zero-order valence-corrected chi connectivity index (χ0v) is 9.63. The van der Waals surface area contributed by atoms with Crippen LogP contribution in [0.5, 0.6) is 0 Å². The van der Waals surface area contributed by atoms with Crippen LogP contribution in [0.1, 0.15) is 19.3 Å². The summed E-state index contributed by atoms with van der Waals surface area (Å²) in [6.45, 7) is 0. The molecule has 3 rings (SSSR count). The molecule has 0 saturated heterocycles. The van der Waals surface area contributed by atoms with Crippen molar-refractivity contribution in [1.29, 1.82) is 0 Å². The van der Waals surface area contributed by atoms with Gasteiger partial charge in [0.25, 0.3) is 0 Å². The average Bonchev–Trinajstić information content (AvgIpc) is 2.88. The highest BCUT2D eigenvalue weighted by atomic mass is 79.9. The molecule has 1 aromatic rings. The van der Waals surface area contributed by atoms with Crippen molar-refractivity contribution in [1.82, 2.24) is 0 Å². The summed E-state index contributed by atoms with van der Waals surface area (Å²) in [5.41, 5.74) is 1.27. The molecular formula is C12H14BrN. The van der Waals surface area contributed by atoms with Gasteiger partial charge in [-0.1, -0.05) is 15.9 Å². The maximum Gasteiger partial charge on any atom is 0.0343 e. The zero-order valence-electron chi connectivity index (χ0n) is 8.04. The van der Waals surface area contributed by atoms with Crippen LogP contribution in [0.25, 0.3) is 0 Å². The Morgan fingerprint density at radius 1 is 1.14 bits per heavy atom. The molecule has 0 aliphatic heterocycles. The number of hydrogen-bond acceptors (Lipinski definition) is 1. The van der Waals surface area contributed by atoms with Crippen molar-refractivity contribution >= 4 is 21.6 Å². The third-order valence-corrected chi connectivity index (χ3v) is 4.07. The van der Waals surface area contributed by atoms with Gasteiger partial charge in [0.15, 0.2) is 0 Å². The van der Waals surface area contributed by atoms with Gasteiger partial charge in [0.1, 0.15) is 0 Å². The fourth-order valence-electron chi connectivity index (χ4n) is 2.64. The fourth-order valence-corrected chi connectivity index (χ4v) is 2.91. The van der Waals surface area contributed by atoms with Crippen LogP contribution < -0.4 is 5.32 Å². The van der Waals surface area contributed by atoms with Crippen LogP contribution in [0.2, 0.25) is 0 Å². The van der Waals surface area contributed by atoms with Gasteiger partial charge in [-0.25, -0.2) is 0 Å². The smallest absolute Gasteiger partial charge is 0.0343 e. The van der Waals surface area contributed by atoms with Crippen molar-refractivity contribution in [2.45, 2.75) is 25.3 Å². The van der Waals surface area contributed by atoms with E-state index in [-0.39, 0.29) is 0 Å².